The van der Waals surface area contributed by atoms with Gasteiger partial charge in [-0.25, -0.2) is 0 Å². The maximum Gasteiger partial charge on any atom is 0.0555 e. The fourth-order valence-electron chi connectivity index (χ4n) is 9.79. The molecule has 0 unspecified atom stereocenters. The summed E-state index contributed by atoms with van der Waals surface area (Å²) in [7, 11) is 0. The standard InChI is InChI=1S/C55H38N2S/c1-55(2)47-20-10-8-18-42(47)43-29-28-40(34-48(43)55)56(49-21-12-14-36-13-6-7-17-41(36)49)39-26-23-35(24-27-39)37-25-31-50-46(33-37)53-51(57(50)38-15-4-3-5-16-38)32-30-45-44-19-9-11-22-52(44)58-54(45)53/h3-34H,1-2H3. The van der Waals surface area contributed by atoms with Crippen LogP contribution in [0.3, 0.4) is 0 Å². The highest BCUT2D eigenvalue weighted by Crippen LogP contribution is 2.51. The number of benzene rings is 9. The van der Waals surface area contributed by atoms with Crippen LogP contribution >= 0.6 is 11.3 Å². The first kappa shape index (κ1) is 33.2. The zero-order valence-electron chi connectivity index (χ0n) is 32.3. The molecule has 0 saturated heterocycles. The largest absolute Gasteiger partial charge is 0.310 e. The molecule has 0 radical (unpaired) electrons. The van der Waals surface area contributed by atoms with Gasteiger partial charge in [0.2, 0.25) is 0 Å². The summed E-state index contributed by atoms with van der Waals surface area (Å²) in [6.07, 6.45) is 0. The van der Waals surface area contributed by atoms with Crippen molar-refractivity contribution in [2.75, 3.05) is 4.90 Å². The normalized spacial score (nSPS) is 13.1. The molecule has 0 spiro atoms. The monoisotopic (exact) mass is 758 g/mol. The maximum atomic E-state index is 2.44. The van der Waals surface area contributed by atoms with Crippen molar-refractivity contribution >= 4 is 81.1 Å². The minimum atomic E-state index is -0.0973. The van der Waals surface area contributed by atoms with Crippen molar-refractivity contribution in [2.45, 2.75) is 19.3 Å². The molecule has 12 rings (SSSR count). The zero-order valence-corrected chi connectivity index (χ0v) is 33.1. The van der Waals surface area contributed by atoms with Gasteiger partial charge in [0, 0.05) is 58.8 Å². The first-order chi connectivity index (χ1) is 28.5. The van der Waals surface area contributed by atoms with Crippen LogP contribution in [0.5, 0.6) is 0 Å². The van der Waals surface area contributed by atoms with E-state index in [0.717, 1.165) is 11.4 Å². The molecule has 58 heavy (non-hydrogen) atoms. The van der Waals surface area contributed by atoms with Gasteiger partial charge < -0.3 is 9.47 Å². The Morgan fingerprint density at radius 3 is 2.03 bits per heavy atom. The lowest BCUT2D eigenvalue weighted by Crippen LogP contribution is -2.16. The van der Waals surface area contributed by atoms with Crippen molar-refractivity contribution in [3.8, 4) is 27.9 Å². The van der Waals surface area contributed by atoms with E-state index in [0.29, 0.717) is 0 Å². The lowest BCUT2D eigenvalue weighted by atomic mass is 9.82. The summed E-state index contributed by atoms with van der Waals surface area (Å²) in [5.41, 5.74) is 14.8. The third-order valence-corrected chi connectivity index (χ3v) is 13.8. The fraction of sp³-hybridized carbons (Fsp3) is 0.0545. The average molecular weight is 759 g/mol. The van der Waals surface area contributed by atoms with Gasteiger partial charge in [-0.2, -0.15) is 0 Å². The Labute approximate surface area is 341 Å². The molecule has 0 aliphatic heterocycles. The Kier molecular flexibility index (Phi) is 7.18. The summed E-state index contributed by atoms with van der Waals surface area (Å²) >= 11 is 1.90. The highest BCUT2D eigenvalue weighted by atomic mass is 32.1. The Hall–Kier alpha value is -6.94. The van der Waals surface area contributed by atoms with E-state index in [9.17, 15) is 0 Å². The van der Waals surface area contributed by atoms with Crippen molar-refractivity contribution < 1.29 is 0 Å². The van der Waals surface area contributed by atoms with E-state index in [1.165, 1.54) is 97.5 Å². The van der Waals surface area contributed by atoms with E-state index >= 15 is 0 Å². The lowest BCUT2D eigenvalue weighted by molar-refractivity contribution is 0.660. The molecule has 0 bridgehead atoms. The lowest BCUT2D eigenvalue weighted by Gasteiger charge is -2.29. The van der Waals surface area contributed by atoms with Gasteiger partial charge >= 0.3 is 0 Å². The van der Waals surface area contributed by atoms with E-state index in [4.69, 9.17) is 0 Å². The minimum Gasteiger partial charge on any atom is -0.310 e. The molecular formula is C55H38N2S. The number of aromatic nitrogens is 1. The van der Waals surface area contributed by atoms with E-state index in [1.807, 2.05) is 11.3 Å². The van der Waals surface area contributed by atoms with E-state index in [-0.39, 0.29) is 5.41 Å². The van der Waals surface area contributed by atoms with Crippen molar-refractivity contribution in [3.63, 3.8) is 0 Å². The van der Waals surface area contributed by atoms with E-state index < -0.39 is 0 Å². The second-order valence-corrected chi connectivity index (χ2v) is 17.2. The number of anilines is 3. The molecule has 11 aromatic rings. The third-order valence-electron chi connectivity index (χ3n) is 12.6. The molecule has 0 saturated carbocycles. The van der Waals surface area contributed by atoms with Gasteiger partial charge in [-0.1, -0.05) is 141 Å². The predicted octanol–water partition coefficient (Wildman–Crippen LogP) is 15.7. The molecule has 0 N–H and O–H groups in total. The molecule has 2 nitrogen and oxygen atoms in total. The Morgan fingerprint density at radius 2 is 1.16 bits per heavy atom. The molecule has 0 amide bonds. The number of nitrogens with zero attached hydrogens (tertiary/aromatic N) is 2. The molecule has 274 valence electrons. The molecule has 3 heteroatoms. The van der Waals surface area contributed by atoms with Gasteiger partial charge in [0.05, 0.1) is 16.7 Å². The van der Waals surface area contributed by atoms with Crippen LogP contribution in [0.2, 0.25) is 0 Å². The minimum absolute atomic E-state index is 0.0973. The number of hydrogen-bond donors (Lipinski definition) is 0. The number of fused-ring (bicyclic) bond motifs is 11. The van der Waals surface area contributed by atoms with Crippen molar-refractivity contribution in [1.29, 1.82) is 0 Å². The van der Waals surface area contributed by atoms with Crippen molar-refractivity contribution in [2.24, 2.45) is 0 Å². The molecule has 1 aliphatic rings. The maximum absolute atomic E-state index is 2.44. The number of para-hydroxylation sites is 1. The summed E-state index contributed by atoms with van der Waals surface area (Å²) < 4.78 is 5.10. The smallest absolute Gasteiger partial charge is 0.0555 e. The second-order valence-electron chi connectivity index (χ2n) is 16.1. The SMILES string of the molecule is CC1(C)c2ccccc2-c2ccc(N(c3ccc(-c4ccc5c(c4)c4c6sc7ccccc7c6ccc4n5-c4ccccc4)cc3)c3cccc4ccccc34)cc21. The van der Waals surface area contributed by atoms with E-state index in [1.54, 1.807) is 0 Å². The van der Waals surface area contributed by atoms with Gasteiger partial charge in [-0.15, -0.1) is 11.3 Å². The molecule has 1 aliphatic carbocycles. The fourth-order valence-corrected chi connectivity index (χ4v) is 11.0. The van der Waals surface area contributed by atoms with Gasteiger partial charge in [0.25, 0.3) is 0 Å². The molecular weight excluding hydrogens is 721 g/mol. The van der Waals surface area contributed by atoms with Crippen molar-refractivity contribution in [3.05, 3.63) is 205 Å². The molecule has 0 fully saturated rings. The summed E-state index contributed by atoms with van der Waals surface area (Å²) in [6.45, 7) is 4.72. The Bertz CT molecular complexity index is 3420. The van der Waals surface area contributed by atoms with Gasteiger partial charge in [0.1, 0.15) is 0 Å². The highest BCUT2D eigenvalue weighted by molar-refractivity contribution is 7.26. The molecule has 2 aromatic heterocycles. The number of hydrogen-bond acceptors (Lipinski definition) is 2. The second kappa shape index (κ2) is 12.5. The van der Waals surface area contributed by atoms with Crippen molar-refractivity contribution in [1.82, 2.24) is 4.57 Å². The Balaban J connectivity index is 1.03. The third kappa shape index (κ3) is 4.84. The van der Waals surface area contributed by atoms with Gasteiger partial charge in [-0.05, 0) is 105 Å². The average Bonchev–Trinajstić information content (AvgIpc) is 3.89. The Morgan fingerprint density at radius 1 is 0.466 bits per heavy atom. The van der Waals surface area contributed by atoms with Gasteiger partial charge in [0.15, 0.2) is 0 Å². The first-order valence-corrected chi connectivity index (χ1v) is 20.9. The van der Waals surface area contributed by atoms with Crippen LogP contribution in [-0.4, -0.2) is 4.57 Å². The quantitative estimate of drug-likeness (QED) is 0.170. The summed E-state index contributed by atoms with van der Waals surface area (Å²) in [6, 6.07) is 71.8. The van der Waals surface area contributed by atoms with Crippen LogP contribution in [0.1, 0.15) is 25.0 Å². The first-order valence-electron chi connectivity index (χ1n) is 20.1. The van der Waals surface area contributed by atoms with Crippen LogP contribution in [-0.2, 0) is 5.41 Å². The molecule has 2 heterocycles. The summed E-state index contributed by atoms with van der Waals surface area (Å²) in [5, 5.41) is 7.69. The zero-order chi connectivity index (χ0) is 38.5. The predicted molar refractivity (Wildman–Crippen MR) is 249 cm³/mol. The van der Waals surface area contributed by atoms with Crippen LogP contribution < -0.4 is 4.90 Å². The summed E-state index contributed by atoms with van der Waals surface area (Å²) in [4.78, 5) is 2.44. The van der Waals surface area contributed by atoms with Crippen LogP contribution in [0.25, 0.3) is 80.7 Å². The molecule has 0 atom stereocenters. The van der Waals surface area contributed by atoms with Gasteiger partial charge in [-0.3, -0.25) is 0 Å². The number of rotatable bonds is 5. The molecule has 9 aromatic carbocycles. The highest BCUT2D eigenvalue weighted by Gasteiger charge is 2.35. The topological polar surface area (TPSA) is 8.17 Å². The van der Waals surface area contributed by atoms with Crippen LogP contribution in [0.4, 0.5) is 17.1 Å². The van der Waals surface area contributed by atoms with Crippen LogP contribution in [0.15, 0.2) is 194 Å². The summed E-state index contributed by atoms with van der Waals surface area (Å²) in [5.74, 6) is 0. The van der Waals surface area contributed by atoms with E-state index in [2.05, 4.69) is 217 Å². The van der Waals surface area contributed by atoms with Crippen LogP contribution in [0, 0.1) is 0 Å². The number of thiophene rings is 1.